The van der Waals surface area contributed by atoms with Gasteiger partial charge in [-0.25, -0.2) is 13.6 Å². The highest BCUT2D eigenvalue weighted by atomic mass is 19.3. The van der Waals surface area contributed by atoms with Crippen molar-refractivity contribution in [2.75, 3.05) is 6.61 Å². The molecule has 0 aliphatic heterocycles. The second kappa shape index (κ2) is 4.72. The molecule has 1 aromatic rings. The standard InChI is InChI=1S/C10H11F3N2O5/c11-4-1-15(9(20)14-8(4)19)7-6(18)5(17)3(2-16)10(7,12)13/h1,3,5-7,16-18H,2H2,(H,14,19,20). The van der Waals surface area contributed by atoms with Gasteiger partial charge in [-0.2, -0.15) is 4.39 Å². The molecule has 0 aromatic carbocycles. The molecular formula is C10H11F3N2O5. The number of nitrogens with zero attached hydrogens (tertiary/aromatic N) is 1. The molecule has 2 rings (SSSR count). The number of aliphatic hydroxyl groups is 3. The van der Waals surface area contributed by atoms with Crippen LogP contribution >= 0.6 is 0 Å². The van der Waals surface area contributed by atoms with E-state index in [1.54, 1.807) is 0 Å². The molecule has 0 bridgehead atoms. The predicted molar refractivity (Wildman–Crippen MR) is 57.9 cm³/mol. The first-order valence-electron chi connectivity index (χ1n) is 5.57. The van der Waals surface area contributed by atoms with Gasteiger partial charge >= 0.3 is 5.69 Å². The van der Waals surface area contributed by atoms with Crippen molar-refractivity contribution in [3.05, 3.63) is 32.9 Å². The molecule has 4 N–H and O–H groups in total. The van der Waals surface area contributed by atoms with Crippen LogP contribution in [0.2, 0.25) is 0 Å². The first-order valence-corrected chi connectivity index (χ1v) is 5.57. The van der Waals surface area contributed by atoms with Crippen molar-refractivity contribution in [2.24, 2.45) is 5.92 Å². The Balaban J connectivity index is 2.60. The average Bonchev–Trinajstić information content (AvgIpc) is 2.51. The number of nitrogens with one attached hydrogen (secondary N) is 1. The fourth-order valence-electron chi connectivity index (χ4n) is 2.35. The lowest BCUT2D eigenvalue weighted by atomic mass is 10.0. The van der Waals surface area contributed by atoms with Crippen LogP contribution in [0.1, 0.15) is 6.04 Å². The Morgan fingerprint density at radius 1 is 1.30 bits per heavy atom. The van der Waals surface area contributed by atoms with Crippen LogP contribution in [0, 0.1) is 11.7 Å². The molecule has 1 heterocycles. The third-order valence-electron chi connectivity index (χ3n) is 3.40. The largest absolute Gasteiger partial charge is 0.396 e. The van der Waals surface area contributed by atoms with E-state index in [4.69, 9.17) is 5.11 Å². The Bertz CT molecular complexity index is 628. The van der Waals surface area contributed by atoms with Crippen LogP contribution < -0.4 is 11.2 Å². The summed E-state index contributed by atoms with van der Waals surface area (Å²) in [4.78, 5) is 23.8. The summed E-state index contributed by atoms with van der Waals surface area (Å²) in [7, 11) is 0. The summed E-state index contributed by atoms with van der Waals surface area (Å²) in [5.41, 5.74) is -2.74. The van der Waals surface area contributed by atoms with E-state index < -0.39 is 53.8 Å². The molecule has 0 radical (unpaired) electrons. The predicted octanol–water partition coefficient (Wildman–Crippen LogP) is -1.80. The van der Waals surface area contributed by atoms with Crippen LogP contribution in [0.15, 0.2) is 15.8 Å². The Labute approximate surface area is 108 Å². The van der Waals surface area contributed by atoms with E-state index in [0.717, 1.165) is 0 Å². The molecule has 1 aliphatic carbocycles. The van der Waals surface area contributed by atoms with Crippen LogP contribution in [0.5, 0.6) is 0 Å². The highest BCUT2D eigenvalue weighted by Crippen LogP contribution is 2.47. The summed E-state index contributed by atoms with van der Waals surface area (Å²) in [5, 5.41) is 27.9. The number of halogens is 3. The molecule has 0 saturated heterocycles. The van der Waals surface area contributed by atoms with Crippen molar-refractivity contribution in [1.29, 1.82) is 0 Å². The van der Waals surface area contributed by atoms with Gasteiger partial charge in [0.05, 0.1) is 24.8 Å². The van der Waals surface area contributed by atoms with E-state index in [9.17, 15) is 33.0 Å². The lowest BCUT2D eigenvalue weighted by molar-refractivity contribution is -0.102. The van der Waals surface area contributed by atoms with Crippen LogP contribution in [-0.2, 0) is 0 Å². The Morgan fingerprint density at radius 2 is 1.90 bits per heavy atom. The summed E-state index contributed by atoms with van der Waals surface area (Å²) in [6.45, 7) is -1.14. The average molecular weight is 296 g/mol. The van der Waals surface area contributed by atoms with E-state index in [0.29, 0.717) is 0 Å². The molecule has 7 nitrogen and oxygen atoms in total. The van der Waals surface area contributed by atoms with Crippen molar-refractivity contribution in [3.8, 4) is 0 Å². The quantitative estimate of drug-likeness (QED) is 0.514. The summed E-state index contributed by atoms with van der Waals surface area (Å²) >= 11 is 0. The van der Waals surface area contributed by atoms with E-state index in [1.165, 1.54) is 4.98 Å². The Kier molecular flexibility index (Phi) is 3.48. The van der Waals surface area contributed by atoms with Gasteiger partial charge in [-0.05, 0) is 0 Å². The minimum atomic E-state index is -3.87. The van der Waals surface area contributed by atoms with Crippen molar-refractivity contribution in [1.82, 2.24) is 9.55 Å². The number of H-pyrrole nitrogens is 1. The third kappa shape index (κ3) is 1.96. The summed E-state index contributed by atoms with van der Waals surface area (Å²) < 4.78 is 41.3. The summed E-state index contributed by atoms with van der Waals surface area (Å²) in [5.74, 6) is -7.37. The fraction of sp³-hybridized carbons (Fsp3) is 0.600. The number of aliphatic hydroxyl groups excluding tert-OH is 3. The van der Waals surface area contributed by atoms with Gasteiger partial charge in [0.1, 0.15) is 12.1 Å². The molecule has 0 amide bonds. The Hall–Kier alpha value is -1.65. The molecule has 0 spiro atoms. The summed E-state index contributed by atoms with van der Waals surface area (Å²) in [6, 6.07) is -2.30. The minimum absolute atomic E-state index is 0.111. The zero-order valence-electron chi connectivity index (χ0n) is 9.83. The van der Waals surface area contributed by atoms with Gasteiger partial charge < -0.3 is 15.3 Å². The molecule has 112 valence electrons. The molecule has 10 heteroatoms. The fourth-order valence-corrected chi connectivity index (χ4v) is 2.35. The first kappa shape index (κ1) is 14.8. The maximum absolute atomic E-state index is 14.0. The number of alkyl halides is 2. The number of aromatic nitrogens is 2. The van der Waals surface area contributed by atoms with Crippen molar-refractivity contribution >= 4 is 0 Å². The van der Waals surface area contributed by atoms with Gasteiger partial charge in [-0.1, -0.05) is 0 Å². The second-order valence-corrected chi connectivity index (χ2v) is 4.53. The van der Waals surface area contributed by atoms with Crippen LogP contribution in [0.4, 0.5) is 13.2 Å². The third-order valence-corrected chi connectivity index (χ3v) is 3.40. The highest BCUT2D eigenvalue weighted by Gasteiger charge is 2.63. The zero-order chi connectivity index (χ0) is 15.2. The van der Waals surface area contributed by atoms with Gasteiger partial charge in [0.15, 0.2) is 0 Å². The first-order chi connectivity index (χ1) is 9.21. The maximum Gasteiger partial charge on any atom is 0.329 e. The van der Waals surface area contributed by atoms with Gasteiger partial charge in [-0.15, -0.1) is 0 Å². The number of hydrogen-bond donors (Lipinski definition) is 4. The monoisotopic (exact) mass is 296 g/mol. The Morgan fingerprint density at radius 3 is 2.40 bits per heavy atom. The smallest absolute Gasteiger partial charge is 0.329 e. The van der Waals surface area contributed by atoms with Crippen molar-refractivity contribution < 1.29 is 28.5 Å². The second-order valence-electron chi connectivity index (χ2n) is 4.53. The minimum Gasteiger partial charge on any atom is -0.396 e. The van der Waals surface area contributed by atoms with Crippen LogP contribution in [0.25, 0.3) is 0 Å². The normalized spacial score (nSPS) is 32.5. The highest BCUT2D eigenvalue weighted by molar-refractivity contribution is 5.07. The SMILES string of the molecule is O=c1[nH]c(=O)n(C2C(O)C(O)C(CO)C2(F)F)cc1F. The molecule has 1 fully saturated rings. The van der Waals surface area contributed by atoms with E-state index in [-0.39, 0.29) is 10.8 Å². The van der Waals surface area contributed by atoms with Gasteiger partial charge in [0.2, 0.25) is 5.82 Å². The van der Waals surface area contributed by atoms with E-state index in [1.807, 2.05) is 0 Å². The number of aromatic amines is 1. The molecule has 1 aromatic heterocycles. The molecule has 4 atom stereocenters. The van der Waals surface area contributed by atoms with Crippen LogP contribution in [-0.4, -0.2) is 49.6 Å². The van der Waals surface area contributed by atoms with Gasteiger partial charge in [0, 0.05) is 0 Å². The molecule has 4 unspecified atom stereocenters. The molecule has 1 saturated carbocycles. The number of rotatable bonds is 2. The van der Waals surface area contributed by atoms with E-state index in [2.05, 4.69) is 0 Å². The topological polar surface area (TPSA) is 116 Å². The lowest BCUT2D eigenvalue weighted by Gasteiger charge is -2.25. The molecular weight excluding hydrogens is 285 g/mol. The van der Waals surface area contributed by atoms with Gasteiger partial charge in [-0.3, -0.25) is 14.3 Å². The summed E-state index contributed by atoms with van der Waals surface area (Å²) in [6.07, 6.45) is -3.87. The van der Waals surface area contributed by atoms with E-state index >= 15 is 0 Å². The molecule has 20 heavy (non-hydrogen) atoms. The zero-order valence-corrected chi connectivity index (χ0v) is 9.83. The number of hydrogen-bond acceptors (Lipinski definition) is 5. The lowest BCUT2D eigenvalue weighted by Crippen LogP contribution is -2.43. The maximum atomic E-state index is 14.0. The van der Waals surface area contributed by atoms with Crippen LogP contribution in [0.3, 0.4) is 0 Å². The van der Waals surface area contributed by atoms with Gasteiger partial charge in [0.25, 0.3) is 11.5 Å². The van der Waals surface area contributed by atoms with Crippen molar-refractivity contribution in [2.45, 2.75) is 24.2 Å². The van der Waals surface area contributed by atoms with Crippen molar-refractivity contribution in [3.63, 3.8) is 0 Å². The molecule has 1 aliphatic rings.